The molecule has 0 radical (unpaired) electrons. The maximum Gasteiger partial charge on any atom is 0.323 e. The minimum atomic E-state index is -0.746. The molecule has 0 bridgehead atoms. The smallest absolute Gasteiger partial charge is 0.323 e. The summed E-state index contributed by atoms with van der Waals surface area (Å²) in [5.74, 6) is -0.746. The number of carboxylic acids is 1. The zero-order chi connectivity index (χ0) is 10.7. The minimum absolute atomic E-state index is 0.111. The van der Waals surface area contributed by atoms with Crippen LogP contribution in [0, 0.1) is 0 Å². The molecule has 2 N–H and O–H groups in total. The first kappa shape index (κ1) is 10.9. The predicted octanol–water partition coefficient (Wildman–Crippen LogP) is -0.476. The number of aliphatic carboxylic acids is 1. The van der Waals surface area contributed by atoms with E-state index in [-0.39, 0.29) is 6.10 Å². The van der Waals surface area contributed by atoms with Gasteiger partial charge in [0.25, 0.3) is 0 Å². The molecule has 2 rings (SSSR count). The Labute approximate surface area is 89.4 Å². The topological polar surface area (TPSA) is 61.8 Å². The average molecular weight is 214 g/mol. The van der Waals surface area contributed by atoms with Gasteiger partial charge in [-0.15, -0.1) is 0 Å². The average Bonchev–Trinajstić information content (AvgIpc) is 2.72. The van der Waals surface area contributed by atoms with Crippen LogP contribution >= 0.6 is 0 Å². The third kappa shape index (κ3) is 2.48. The number of rotatable bonds is 3. The second kappa shape index (κ2) is 4.92. The number of piperazine rings is 1. The summed E-state index contributed by atoms with van der Waals surface area (Å²) >= 11 is 0. The molecule has 2 saturated heterocycles. The standard InChI is InChI=1S/C10H18N2O3/c13-10(14)9(8-2-1-7-15-8)12-5-3-11-4-6-12/h8-9,11H,1-7H2,(H,13,14). The van der Waals surface area contributed by atoms with Gasteiger partial charge in [0, 0.05) is 32.8 Å². The molecule has 2 atom stereocenters. The summed E-state index contributed by atoms with van der Waals surface area (Å²) in [6, 6.07) is -0.449. The Hall–Kier alpha value is -0.650. The van der Waals surface area contributed by atoms with Crippen LogP contribution in [0.25, 0.3) is 0 Å². The molecule has 0 spiro atoms. The molecule has 0 aromatic rings. The summed E-state index contributed by atoms with van der Waals surface area (Å²) in [6.07, 6.45) is 1.75. The van der Waals surface area contributed by atoms with Gasteiger partial charge in [0.15, 0.2) is 0 Å². The van der Waals surface area contributed by atoms with E-state index in [0.29, 0.717) is 6.61 Å². The van der Waals surface area contributed by atoms with Gasteiger partial charge in [0.05, 0.1) is 6.10 Å². The van der Waals surface area contributed by atoms with Crippen molar-refractivity contribution in [2.45, 2.75) is 25.0 Å². The fraction of sp³-hybridized carbons (Fsp3) is 0.900. The van der Waals surface area contributed by atoms with E-state index in [2.05, 4.69) is 5.32 Å². The van der Waals surface area contributed by atoms with Gasteiger partial charge >= 0.3 is 5.97 Å². The highest BCUT2D eigenvalue weighted by atomic mass is 16.5. The van der Waals surface area contributed by atoms with Crippen LogP contribution in [0.5, 0.6) is 0 Å². The lowest BCUT2D eigenvalue weighted by Crippen LogP contribution is -2.55. The molecule has 15 heavy (non-hydrogen) atoms. The van der Waals surface area contributed by atoms with Crippen LogP contribution < -0.4 is 5.32 Å². The Morgan fingerprint density at radius 3 is 2.73 bits per heavy atom. The van der Waals surface area contributed by atoms with E-state index in [1.807, 2.05) is 4.90 Å². The van der Waals surface area contributed by atoms with E-state index in [1.54, 1.807) is 0 Å². The predicted molar refractivity (Wildman–Crippen MR) is 54.8 cm³/mol. The molecule has 5 heteroatoms. The highest BCUT2D eigenvalue weighted by molar-refractivity contribution is 5.74. The first-order chi connectivity index (χ1) is 7.29. The molecule has 2 fully saturated rings. The second-order valence-electron chi connectivity index (χ2n) is 4.12. The summed E-state index contributed by atoms with van der Waals surface area (Å²) in [7, 11) is 0. The molecule has 0 saturated carbocycles. The van der Waals surface area contributed by atoms with Crippen molar-refractivity contribution >= 4 is 5.97 Å². The van der Waals surface area contributed by atoms with E-state index in [4.69, 9.17) is 4.74 Å². The maximum absolute atomic E-state index is 11.2. The number of hydrogen-bond acceptors (Lipinski definition) is 4. The molecule has 2 aliphatic rings. The zero-order valence-corrected chi connectivity index (χ0v) is 8.82. The van der Waals surface area contributed by atoms with Gasteiger partial charge in [0.1, 0.15) is 6.04 Å². The first-order valence-corrected chi connectivity index (χ1v) is 5.58. The highest BCUT2D eigenvalue weighted by Crippen LogP contribution is 2.20. The normalized spacial score (nSPS) is 30.3. The van der Waals surface area contributed by atoms with E-state index in [1.165, 1.54) is 0 Å². The van der Waals surface area contributed by atoms with Gasteiger partial charge in [0.2, 0.25) is 0 Å². The lowest BCUT2D eigenvalue weighted by atomic mass is 10.1. The van der Waals surface area contributed by atoms with Crippen LogP contribution in [0.15, 0.2) is 0 Å². The fourth-order valence-corrected chi connectivity index (χ4v) is 2.36. The number of carbonyl (C=O) groups is 1. The summed E-state index contributed by atoms with van der Waals surface area (Å²) in [6.45, 7) is 4.06. The van der Waals surface area contributed by atoms with E-state index >= 15 is 0 Å². The Bertz CT molecular complexity index is 223. The largest absolute Gasteiger partial charge is 0.480 e. The van der Waals surface area contributed by atoms with Crippen molar-refractivity contribution in [1.82, 2.24) is 10.2 Å². The summed E-state index contributed by atoms with van der Waals surface area (Å²) < 4.78 is 5.49. The Morgan fingerprint density at radius 1 is 1.47 bits per heavy atom. The number of hydrogen-bond donors (Lipinski definition) is 2. The van der Waals surface area contributed by atoms with E-state index < -0.39 is 12.0 Å². The van der Waals surface area contributed by atoms with Crippen molar-refractivity contribution in [2.75, 3.05) is 32.8 Å². The summed E-state index contributed by atoms with van der Waals surface area (Å²) in [4.78, 5) is 13.3. The van der Waals surface area contributed by atoms with Gasteiger partial charge in [-0.25, -0.2) is 0 Å². The molecule has 5 nitrogen and oxygen atoms in total. The quantitative estimate of drug-likeness (QED) is 0.664. The first-order valence-electron chi connectivity index (χ1n) is 5.58. The summed E-state index contributed by atoms with van der Waals surface area (Å²) in [5, 5.41) is 12.5. The molecule has 0 aromatic carbocycles. The van der Waals surface area contributed by atoms with Crippen LogP contribution in [-0.4, -0.2) is 60.9 Å². The molecule has 2 aliphatic heterocycles. The molecule has 0 amide bonds. The maximum atomic E-state index is 11.2. The van der Waals surface area contributed by atoms with Crippen molar-refractivity contribution in [3.8, 4) is 0 Å². The van der Waals surface area contributed by atoms with Gasteiger partial charge < -0.3 is 15.2 Å². The number of ether oxygens (including phenoxy) is 1. The Kier molecular flexibility index (Phi) is 3.56. The molecular formula is C10H18N2O3. The highest BCUT2D eigenvalue weighted by Gasteiger charge is 2.36. The van der Waals surface area contributed by atoms with Crippen molar-refractivity contribution in [3.63, 3.8) is 0 Å². The van der Waals surface area contributed by atoms with Crippen molar-refractivity contribution in [3.05, 3.63) is 0 Å². The lowest BCUT2D eigenvalue weighted by Gasteiger charge is -2.34. The number of nitrogens with one attached hydrogen (secondary N) is 1. The Balaban J connectivity index is 2.00. The van der Waals surface area contributed by atoms with E-state index in [0.717, 1.165) is 39.0 Å². The van der Waals surface area contributed by atoms with E-state index in [9.17, 15) is 9.90 Å². The van der Waals surface area contributed by atoms with Crippen molar-refractivity contribution < 1.29 is 14.6 Å². The third-order valence-corrected chi connectivity index (χ3v) is 3.12. The van der Waals surface area contributed by atoms with Crippen LogP contribution in [-0.2, 0) is 9.53 Å². The fourth-order valence-electron chi connectivity index (χ4n) is 2.36. The Morgan fingerprint density at radius 2 is 2.20 bits per heavy atom. The molecule has 0 aliphatic carbocycles. The molecule has 0 aromatic heterocycles. The van der Waals surface area contributed by atoms with Gasteiger partial charge in [-0.3, -0.25) is 9.69 Å². The van der Waals surface area contributed by atoms with Gasteiger partial charge in [-0.05, 0) is 12.8 Å². The molecule has 86 valence electrons. The van der Waals surface area contributed by atoms with Crippen LogP contribution in [0.4, 0.5) is 0 Å². The lowest BCUT2D eigenvalue weighted by molar-refractivity contribution is -0.148. The van der Waals surface area contributed by atoms with Crippen LogP contribution in [0.2, 0.25) is 0 Å². The molecule has 2 heterocycles. The van der Waals surface area contributed by atoms with Gasteiger partial charge in [-0.1, -0.05) is 0 Å². The molecular weight excluding hydrogens is 196 g/mol. The summed E-state index contributed by atoms with van der Waals surface area (Å²) in [5.41, 5.74) is 0. The SMILES string of the molecule is O=C(O)C(C1CCCO1)N1CCNCC1. The minimum Gasteiger partial charge on any atom is -0.480 e. The van der Waals surface area contributed by atoms with Gasteiger partial charge in [-0.2, -0.15) is 0 Å². The third-order valence-electron chi connectivity index (χ3n) is 3.12. The number of carboxylic acid groups (broad SMARTS) is 1. The van der Waals surface area contributed by atoms with Crippen molar-refractivity contribution in [2.24, 2.45) is 0 Å². The second-order valence-corrected chi connectivity index (χ2v) is 4.12. The number of nitrogens with zero attached hydrogens (tertiary/aromatic N) is 1. The monoisotopic (exact) mass is 214 g/mol. The molecule has 2 unspecified atom stereocenters. The zero-order valence-electron chi connectivity index (χ0n) is 8.82. The van der Waals surface area contributed by atoms with Crippen molar-refractivity contribution in [1.29, 1.82) is 0 Å². The van der Waals surface area contributed by atoms with Crippen LogP contribution in [0.3, 0.4) is 0 Å². The van der Waals surface area contributed by atoms with Crippen LogP contribution in [0.1, 0.15) is 12.8 Å².